The first-order valence-electron chi connectivity index (χ1n) is 10.3. The minimum atomic E-state index is -0.572. The van der Waals surface area contributed by atoms with Gasteiger partial charge in [-0.15, -0.1) is 0 Å². The van der Waals surface area contributed by atoms with Crippen LogP contribution in [-0.4, -0.2) is 38.2 Å². The summed E-state index contributed by atoms with van der Waals surface area (Å²) in [6.45, 7) is 0. The highest BCUT2D eigenvalue weighted by molar-refractivity contribution is 6.16. The molecule has 0 aliphatic carbocycles. The largest absolute Gasteiger partial charge is 0.497 e. The highest BCUT2D eigenvalue weighted by atomic mass is 16.6. The fourth-order valence-electron chi connectivity index (χ4n) is 4.18. The van der Waals surface area contributed by atoms with Crippen molar-refractivity contribution in [2.75, 3.05) is 21.3 Å². The van der Waals surface area contributed by atoms with Gasteiger partial charge in [0.15, 0.2) is 11.9 Å². The third-order valence-electron chi connectivity index (χ3n) is 5.85. The SMILES string of the molecule is COc1ccc(C2OC2C(=O)c2c(OC)cc(OC)c3c(-c4ccccc4)c[nH]c23)cc1. The minimum Gasteiger partial charge on any atom is -0.497 e. The molecule has 2 atom stereocenters. The van der Waals surface area contributed by atoms with Gasteiger partial charge < -0.3 is 23.9 Å². The number of aromatic amines is 1. The molecule has 3 aromatic carbocycles. The molecule has 2 heterocycles. The molecule has 0 radical (unpaired) electrons. The summed E-state index contributed by atoms with van der Waals surface area (Å²) in [6.07, 6.45) is 1.03. The number of nitrogens with one attached hydrogen (secondary N) is 1. The van der Waals surface area contributed by atoms with Crippen molar-refractivity contribution in [2.45, 2.75) is 12.2 Å². The number of benzene rings is 3. The standard InChI is InChI=1S/C26H23NO5/c1-29-17-11-9-16(10-12-17)25-26(32-25)24(28)22-20(31-3)13-19(30-2)21-18(14-27-23(21)22)15-7-5-4-6-8-15/h4-14,25-27H,1-3H3. The number of carbonyl (C=O) groups is 1. The zero-order valence-electron chi connectivity index (χ0n) is 18.0. The Morgan fingerprint density at radius 2 is 1.62 bits per heavy atom. The van der Waals surface area contributed by atoms with Gasteiger partial charge in [-0.1, -0.05) is 42.5 Å². The summed E-state index contributed by atoms with van der Waals surface area (Å²) in [5.41, 5.74) is 4.06. The summed E-state index contributed by atoms with van der Waals surface area (Å²) >= 11 is 0. The van der Waals surface area contributed by atoms with Gasteiger partial charge in [0.2, 0.25) is 0 Å². The molecule has 2 unspecified atom stereocenters. The van der Waals surface area contributed by atoms with Crippen LogP contribution in [-0.2, 0) is 4.74 Å². The van der Waals surface area contributed by atoms with Gasteiger partial charge in [0.1, 0.15) is 23.4 Å². The van der Waals surface area contributed by atoms with Crippen LogP contribution in [0.15, 0.2) is 66.9 Å². The van der Waals surface area contributed by atoms with Crippen LogP contribution in [0.4, 0.5) is 0 Å². The molecule has 1 N–H and O–H groups in total. The monoisotopic (exact) mass is 429 g/mol. The van der Waals surface area contributed by atoms with Crippen molar-refractivity contribution in [2.24, 2.45) is 0 Å². The summed E-state index contributed by atoms with van der Waals surface area (Å²) in [7, 11) is 4.78. The number of carbonyl (C=O) groups excluding carboxylic acids is 1. The summed E-state index contributed by atoms with van der Waals surface area (Å²) in [5, 5.41) is 0.837. The fourth-order valence-corrected chi connectivity index (χ4v) is 4.18. The molecule has 1 aliphatic rings. The van der Waals surface area contributed by atoms with Gasteiger partial charge >= 0.3 is 0 Å². The van der Waals surface area contributed by atoms with Crippen LogP contribution in [0.5, 0.6) is 17.2 Å². The number of hydrogen-bond acceptors (Lipinski definition) is 5. The van der Waals surface area contributed by atoms with Gasteiger partial charge in [-0.05, 0) is 23.3 Å². The molecule has 1 fully saturated rings. The lowest BCUT2D eigenvalue weighted by Crippen LogP contribution is -2.11. The van der Waals surface area contributed by atoms with Crippen LogP contribution < -0.4 is 14.2 Å². The van der Waals surface area contributed by atoms with E-state index >= 15 is 0 Å². The molecule has 0 bridgehead atoms. The molecule has 0 amide bonds. The zero-order valence-corrected chi connectivity index (χ0v) is 18.0. The molecule has 0 saturated carbocycles. The maximum atomic E-state index is 13.6. The summed E-state index contributed by atoms with van der Waals surface area (Å²) in [5.74, 6) is 1.72. The zero-order chi connectivity index (χ0) is 22.2. The number of ether oxygens (including phenoxy) is 4. The van der Waals surface area contributed by atoms with E-state index in [0.29, 0.717) is 22.6 Å². The normalized spacial score (nSPS) is 17.2. The van der Waals surface area contributed by atoms with Crippen LogP contribution in [0.2, 0.25) is 0 Å². The van der Waals surface area contributed by atoms with E-state index in [2.05, 4.69) is 4.98 Å². The van der Waals surface area contributed by atoms with Crippen LogP contribution in [0.3, 0.4) is 0 Å². The first kappa shape index (κ1) is 20.2. The Labute approximate surface area is 185 Å². The predicted molar refractivity (Wildman–Crippen MR) is 122 cm³/mol. The molecule has 0 spiro atoms. The van der Waals surface area contributed by atoms with E-state index in [4.69, 9.17) is 18.9 Å². The Morgan fingerprint density at radius 1 is 0.906 bits per heavy atom. The quantitative estimate of drug-likeness (QED) is 0.324. The second-order valence-electron chi connectivity index (χ2n) is 7.59. The third kappa shape index (κ3) is 3.29. The Hall–Kier alpha value is -3.77. The average molecular weight is 429 g/mol. The summed E-state index contributed by atoms with van der Waals surface area (Å²) in [4.78, 5) is 16.8. The van der Waals surface area contributed by atoms with Crippen LogP contribution in [0.1, 0.15) is 22.0 Å². The first-order valence-corrected chi connectivity index (χ1v) is 10.3. The minimum absolute atomic E-state index is 0.128. The van der Waals surface area contributed by atoms with Crippen molar-refractivity contribution in [3.63, 3.8) is 0 Å². The molecular formula is C26H23NO5. The number of aromatic nitrogens is 1. The van der Waals surface area contributed by atoms with E-state index in [0.717, 1.165) is 27.8 Å². The van der Waals surface area contributed by atoms with Gasteiger partial charge in [0.05, 0.1) is 37.8 Å². The second-order valence-corrected chi connectivity index (χ2v) is 7.59. The van der Waals surface area contributed by atoms with E-state index in [9.17, 15) is 4.79 Å². The van der Waals surface area contributed by atoms with Crippen molar-refractivity contribution in [3.8, 4) is 28.4 Å². The Morgan fingerprint density at radius 3 is 2.28 bits per heavy atom. The lowest BCUT2D eigenvalue weighted by Gasteiger charge is -2.13. The van der Waals surface area contributed by atoms with E-state index < -0.39 is 6.10 Å². The smallest absolute Gasteiger partial charge is 0.200 e. The number of fused-ring (bicyclic) bond motifs is 1. The number of epoxide rings is 1. The van der Waals surface area contributed by atoms with Gasteiger partial charge in [-0.2, -0.15) is 0 Å². The van der Waals surface area contributed by atoms with Crippen molar-refractivity contribution in [3.05, 3.63) is 78.0 Å². The average Bonchev–Trinajstić information content (AvgIpc) is 3.54. The molecule has 1 aromatic heterocycles. The lowest BCUT2D eigenvalue weighted by atomic mass is 9.97. The highest BCUT2D eigenvalue weighted by Gasteiger charge is 2.47. The number of H-pyrrole nitrogens is 1. The van der Waals surface area contributed by atoms with E-state index in [1.807, 2.05) is 60.8 Å². The number of hydrogen-bond donors (Lipinski definition) is 1. The molecule has 32 heavy (non-hydrogen) atoms. The summed E-state index contributed by atoms with van der Waals surface area (Å²) < 4.78 is 22.3. The molecule has 5 rings (SSSR count). The lowest BCUT2D eigenvalue weighted by molar-refractivity contribution is 0.0952. The van der Waals surface area contributed by atoms with E-state index in [1.165, 1.54) is 0 Å². The molecule has 6 heteroatoms. The van der Waals surface area contributed by atoms with Gasteiger partial charge in [0.25, 0.3) is 0 Å². The molecule has 6 nitrogen and oxygen atoms in total. The van der Waals surface area contributed by atoms with Crippen molar-refractivity contribution in [1.29, 1.82) is 0 Å². The molecule has 162 valence electrons. The molecular weight excluding hydrogens is 406 g/mol. The molecule has 4 aromatic rings. The Kier molecular flexibility index (Phi) is 5.07. The first-order chi connectivity index (χ1) is 15.7. The maximum Gasteiger partial charge on any atom is 0.200 e. The fraction of sp³-hybridized carbons (Fsp3) is 0.192. The highest BCUT2D eigenvalue weighted by Crippen LogP contribution is 2.46. The molecule has 1 saturated heterocycles. The number of methoxy groups -OCH3 is 3. The Bertz CT molecular complexity index is 1280. The van der Waals surface area contributed by atoms with Crippen molar-refractivity contribution in [1.82, 2.24) is 4.98 Å². The second kappa shape index (κ2) is 8.05. The number of rotatable bonds is 7. The van der Waals surface area contributed by atoms with E-state index in [1.54, 1.807) is 27.4 Å². The van der Waals surface area contributed by atoms with Gasteiger partial charge in [-0.25, -0.2) is 0 Å². The Balaban J connectivity index is 1.57. The van der Waals surface area contributed by atoms with Crippen molar-refractivity contribution < 1.29 is 23.7 Å². The van der Waals surface area contributed by atoms with Gasteiger partial charge in [0, 0.05) is 17.8 Å². The summed E-state index contributed by atoms with van der Waals surface area (Å²) in [6, 6.07) is 19.3. The third-order valence-corrected chi connectivity index (χ3v) is 5.85. The van der Waals surface area contributed by atoms with Crippen molar-refractivity contribution >= 4 is 16.7 Å². The maximum absolute atomic E-state index is 13.6. The van der Waals surface area contributed by atoms with E-state index in [-0.39, 0.29) is 11.9 Å². The van der Waals surface area contributed by atoms with Crippen LogP contribution in [0, 0.1) is 0 Å². The predicted octanol–water partition coefficient (Wildman–Crippen LogP) is 5.18. The number of Topliss-reactive ketones (excluding diaryl/α,β-unsaturated/α-hetero) is 1. The topological polar surface area (TPSA) is 73.1 Å². The van der Waals surface area contributed by atoms with Crippen LogP contribution in [0.25, 0.3) is 22.0 Å². The van der Waals surface area contributed by atoms with Gasteiger partial charge in [-0.3, -0.25) is 4.79 Å². The molecule has 1 aliphatic heterocycles. The van der Waals surface area contributed by atoms with Crippen LogP contribution >= 0.6 is 0 Å². The number of ketones is 1.